The maximum Gasteiger partial charge on any atom is 0.328 e. The van der Waals surface area contributed by atoms with Gasteiger partial charge in [0.15, 0.2) is 0 Å². The summed E-state index contributed by atoms with van der Waals surface area (Å²) >= 11 is 6.11. The van der Waals surface area contributed by atoms with Crippen molar-refractivity contribution in [2.45, 2.75) is 102 Å². The molecular weight excluding hydrogens is 742 g/mol. The second-order valence-electron chi connectivity index (χ2n) is 15.4. The summed E-state index contributed by atoms with van der Waals surface area (Å²) in [6, 6.07) is 6.87. The van der Waals surface area contributed by atoms with E-state index >= 15 is 0 Å². The first-order valence-electron chi connectivity index (χ1n) is 19.4. The van der Waals surface area contributed by atoms with Crippen molar-refractivity contribution in [2.75, 3.05) is 31.6 Å². The van der Waals surface area contributed by atoms with Crippen molar-refractivity contribution in [2.24, 2.45) is 5.92 Å². The number of urea groups is 1. The van der Waals surface area contributed by atoms with Crippen molar-refractivity contribution < 1.29 is 38.3 Å². The predicted octanol–water partition coefficient (Wildman–Crippen LogP) is 2.54. The minimum atomic E-state index is -1.45. The summed E-state index contributed by atoms with van der Waals surface area (Å²) in [5, 5.41) is 11.3. The molecule has 56 heavy (non-hydrogen) atoms. The molecular formula is C40H50ClN7O8. The number of ether oxygens (including phenoxy) is 1. The molecule has 2 aromatic rings. The van der Waals surface area contributed by atoms with E-state index in [0.717, 1.165) is 11.1 Å². The molecule has 300 valence electrons. The van der Waals surface area contributed by atoms with Crippen LogP contribution in [-0.2, 0) is 39.9 Å². The summed E-state index contributed by atoms with van der Waals surface area (Å²) in [6.07, 6.45) is 2.96. The van der Waals surface area contributed by atoms with E-state index < -0.39 is 84.4 Å². The number of carbonyl (C=O) groups excluding carboxylic acids is 7. The number of benzene rings is 2. The number of nitrogens with zero attached hydrogens (tertiary/aromatic N) is 3. The monoisotopic (exact) mass is 791 g/mol. The number of piperidine rings is 1. The van der Waals surface area contributed by atoms with E-state index in [-0.39, 0.29) is 25.4 Å². The predicted molar refractivity (Wildman–Crippen MR) is 206 cm³/mol. The number of anilines is 1. The van der Waals surface area contributed by atoms with Crippen LogP contribution in [0, 0.1) is 12.8 Å². The maximum absolute atomic E-state index is 14.5. The van der Waals surface area contributed by atoms with Crippen LogP contribution in [0.4, 0.5) is 10.5 Å². The van der Waals surface area contributed by atoms with Crippen molar-refractivity contribution in [3.05, 3.63) is 64.7 Å². The Labute approximate surface area is 331 Å². The van der Waals surface area contributed by atoms with Gasteiger partial charge in [-0.05, 0) is 82.1 Å². The normalized spacial score (nSPS) is 26.7. The number of cyclic esters (lactones) is 1. The SMILES string of the molecule is Cc1cccc(C[C@H](NC(=O)Nc2cccc(Cl)c2)C(=O)N[C@H]2COC(=O)[C@@H]3C[C@@H](C)CN3C(=O)[C@H](C)NC(=O)[C@@H]3CCCCN3C(=O)[C@@H]3CCCN3C2=O)c1. The fourth-order valence-electron chi connectivity index (χ4n) is 8.16. The molecule has 4 aliphatic heterocycles. The molecule has 4 heterocycles. The first kappa shape index (κ1) is 40.5. The molecule has 0 aromatic heterocycles. The lowest BCUT2D eigenvalue weighted by atomic mass is 9.99. The van der Waals surface area contributed by atoms with E-state index in [2.05, 4.69) is 21.3 Å². The smallest absolute Gasteiger partial charge is 0.328 e. The van der Waals surface area contributed by atoms with Crippen molar-refractivity contribution in [1.82, 2.24) is 30.7 Å². The van der Waals surface area contributed by atoms with Crippen LogP contribution in [0.1, 0.15) is 63.5 Å². The van der Waals surface area contributed by atoms with E-state index in [0.29, 0.717) is 55.8 Å². The number of carbonyl (C=O) groups is 7. The number of aryl methyl sites for hydroxylation is 1. The standard InChI is InChI=1S/C40H50ClN7O8/c1-23-9-6-10-26(17-23)19-29(45-40(55)43-28-12-7-11-27(41)20-28)34(49)44-30-22-56-39(54)33-18-24(2)21-48(33)36(51)25(3)42-35(50)31-13-4-5-15-46(31)38(53)32-14-8-16-47(32)37(30)52/h6-7,9-12,17,20,24-25,29-33H,4-5,8,13-16,18-19,21-22H2,1-3H3,(H,42,50)(H,44,49)(H2,43,45,55)/t24-,25+,29+,30+,31+,32+,33+/m1/s1. The van der Waals surface area contributed by atoms with E-state index in [1.165, 1.54) is 14.7 Å². The summed E-state index contributed by atoms with van der Waals surface area (Å²) in [4.78, 5) is 102. The molecule has 0 unspecified atom stereocenters. The van der Waals surface area contributed by atoms with E-state index in [1.807, 2.05) is 38.1 Å². The first-order valence-corrected chi connectivity index (χ1v) is 19.7. The first-order chi connectivity index (χ1) is 26.8. The Morgan fingerprint density at radius 1 is 0.875 bits per heavy atom. The Bertz CT molecular complexity index is 1860. The van der Waals surface area contributed by atoms with Gasteiger partial charge in [-0.2, -0.15) is 0 Å². The van der Waals surface area contributed by atoms with Crippen LogP contribution in [0.2, 0.25) is 5.02 Å². The molecule has 7 atom stereocenters. The van der Waals surface area contributed by atoms with Gasteiger partial charge in [-0.25, -0.2) is 9.59 Å². The Hall–Kier alpha value is -5.18. The summed E-state index contributed by atoms with van der Waals surface area (Å²) in [5.74, 6) is -3.52. The van der Waals surface area contributed by atoms with E-state index in [1.54, 1.807) is 31.2 Å². The average Bonchev–Trinajstić information content (AvgIpc) is 3.82. The Balaban J connectivity index is 1.30. The molecule has 6 rings (SSSR count). The minimum Gasteiger partial charge on any atom is -0.461 e. The van der Waals surface area contributed by atoms with Crippen molar-refractivity contribution >= 4 is 58.8 Å². The molecule has 0 radical (unpaired) electrons. The largest absolute Gasteiger partial charge is 0.461 e. The fraction of sp³-hybridized carbons (Fsp3) is 0.525. The van der Waals surface area contributed by atoms with Crippen LogP contribution < -0.4 is 21.3 Å². The second-order valence-corrected chi connectivity index (χ2v) is 15.8. The highest BCUT2D eigenvalue weighted by Gasteiger charge is 2.46. The number of fused-ring (bicyclic) bond motifs is 3. The number of rotatable bonds is 6. The number of hydrogen-bond acceptors (Lipinski definition) is 8. The van der Waals surface area contributed by atoms with Crippen molar-refractivity contribution in [3.63, 3.8) is 0 Å². The number of halogens is 1. The van der Waals surface area contributed by atoms with Gasteiger partial charge in [-0.3, -0.25) is 24.0 Å². The van der Waals surface area contributed by atoms with Crippen LogP contribution in [0.5, 0.6) is 0 Å². The van der Waals surface area contributed by atoms with Gasteiger partial charge in [0.2, 0.25) is 29.5 Å². The molecule has 4 fully saturated rings. The number of esters is 1. The van der Waals surface area contributed by atoms with Crippen LogP contribution in [-0.4, -0.2) is 119 Å². The summed E-state index contributed by atoms with van der Waals surface area (Å²) < 4.78 is 5.75. The van der Waals surface area contributed by atoms with Gasteiger partial charge >= 0.3 is 12.0 Å². The van der Waals surface area contributed by atoms with Crippen LogP contribution in [0.15, 0.2) is 48.5 Å². The van der Waals surface area contributed by atoms with Crippen LogP contribution >= 0.6 is 11.6 Å². The molecule has 2 aromatic carbocycles. The van der Waals surface area contributed by atoms with E-state index in [9.17, 15) is 33.6 Å². The summed E-state index contributed by atoms with van der Waals surface area (Å²) in [6.45, 7) is 5.54. The lowest BCUT2D eigenvalue weighted by molar-refractivity contribution is -0.158. The summed E-state index contributed by atoms with van der Waals surface area (Å²) in [5.41, 5.74) is 2.07. The van der Waals surface area contributed by atoms with Crippen molar-refractivity contribution in [1.29, 1.82) is 0 Å². The van der Waals surface area contributed by atoms with Crippen molar-refractivity contribution in [3.8, 4) is 0 Å². The topological polar surface area (TPSA) is 187 Å². The van der Waals surface area contributed by atoms with Gasteiger partial charge in [0.05, 0.1) is 0 Å². The molecule has 7 amide bonds. The van der Waals surface area contributed by atoms with Crippen LogP contribution in [0.3, 0.4) is 0 Å². The third-order valence-electron chi connectivity index (χ3n) is 10.9. The van der Waals surface area contributed by atoms with Gasteiger partial charge in [0.1, 0.15) is 42.9 Å². The molecule has 0 saturated carbocycles. The number of nitrogens with one attached hydrogen (secondary N) is 4. The minimum absolute atomic E-state index is 0.0512. The molecule has 16 heteroatoms. The fourth-order valence-corrected chi connectivity index (χ4v) is 8.35. The highest BCUT2D eigenvalue weighted by atomic mass is 35.5. The number of hydrogen-bond donors (Lipinski definition) is 4. The van der Waals surface area contributed by atoms with Crippen LogP contribution in [0.25, 0.3) is 0 Å². The number of amides is 7. The molecule has 4 saturated heterocycles. The zero-order valence-corrected chi connectivity index (χ0v) is 32.7. The van der Waals surface area contributed by atoms with E-state index in [4.69, 9.17) is 16.3 Å². The zero-order valence-electron chi connectivity index (χ0n) is 31.9. The Kier molecular flexibility index (Phi) is 12.8. The third-order valence-corrected chi connectivity index (χ3v) is 11.2. The molecule has 0 bridgehead atoms. The van der Waals surface area contributed by atoms with Gasteiger partial charge < -0.3 is 40.7 Å². The molecule has 15 nitrogen and oxygen atoms in total. The molecule has 4 aliphatic rings. The van der Waals surface area contributed by atoms with Gasteiger partial charge in [0.25, 0.3) is 0 Å². The molecule has 0 spiro atoms. The summed E-state index contributed by atoms with van der Waals surface area (Å²) in [7, 11) is 0. The average molecular weight is 792 g/mol. The lowest BCUT2D eigenvalue weighted by Crippen LogP contribution is -2.62. The highest BCUT2D eigenvalue weighted by molar-refractivity contribution is 6.30. The zero-order chi connectivity index (χ0) is 40.1. The van der Waals surface area contributed by atoms with Gasteiger partial charge in [0, 0.05) is 36.8 Å². The van der Waals surface area contributed by atoms with Gasteiger partial charge in [-0.1, -0.05) is 54.4 Å². The quantitative estimate of drug-likeness (QED) is 0.322. The Morgan fingerprint density at radius 2 is 1.61 bits per heavy atom. The Morgan fingerprint density at radius 3 is 2.38 bits per heavy atom. The third kappa shape index (κ3) is 9.43. The second kappa shape index (κ2) is 17.7. The van der Waals surface area contributed by atoms with Gasteiger partial charge in [-0.15, -0.1) is 0 Å². The maximum atomic E-state index is 14.5. The highest BCUT2D eigenvalue weighted by Crippen LogP contribution is 2.28. The molecule has 4 N–H and O–H groups in total. The molecule has 0 aliphatic carbocycles. The lowest BCUT2D eigenvalue weighted by Gasteiger charge is -2.39.